The third-order valence-corrected chi connectivity index (χ3v) is 6.99. The average molecular weight is 407 g/mol. The third-order valence-electron chi connectivity index (χ3n) is 4.27. The quantitative estimate of drug-likeness (QED) is 0.746. The molecule has 1 aromatic heterocycles. The number of benzene rings is 1. The maximum atomic E-state index is 12.2. The zero-order chi connectivity index (χ0) is 19.5. The molecular formula is C19H22N2O4S2. The summed E-state index contributed by atoms with van der Waals surface area (Å²) in [5.41, 5.74) is 1.01. The molecule has 6 nitrogen and oxygen atoms in total. The Balaban J connectivity index is 1.57. The van der Waals surface area contributed by atoms with Gasteiger partial charge in [0.05, 0.1) is 27.7 Å². The standard InChI is InChI=1S/C19H22N2O4S2/c1-14-20-16(12-26-14)11-25-17-5-3-4-15(10-17)6-7-18(22)21-19(2)8-9-27(23,24)13-19/h3-7,10,12H,8-9,11,13H2,1-2H3,(H,21,22). The van der Waals surface area contributed by atoms with Gasteiger partial charge in [0, 0.05) is 11.5 Å². The molecule has 1 N–H and O–H groups in total. The number of amides is 1. The topological polar surface area (TPSA) is 85.4 Å². The summed E-state index contributed by atoms with van der Waals surface area (Å²) in [6, 6.07) is 7.40. The molecule has 0 bridgehead atoms. The number of thiazole rings is 1. The zero-order valence-corrected chi connectivity index (χ0v) is 16.9. The van der Waals surface area contributed by atoms with E-state index in [0.717, 1.165) is 16.3 Å². The predicted octanol–water partition coefficient (Wildman–Crippen LogP) is 2.74. The van der Waals surface area contributed by atoms with Crippen LogP contribution in [0.4, 0.5) is 0 Å². The number of sulfone groups is 1. The van der Waals surface area contributed by atoms with Gasteiger partial charge in [-0.1, -0.05) is 12.1 Å². The van der Waals surface area contributed by atoms with Gasteiger partial charge in [0.2, 0.25) is 5.91 Å². The fourth-order valence-electron chi connectivity index (χ4n) is 2.96. The molecule has 1 aliphatic rings. The van der Waals surface area contributed by atoms with Crippen LogP contribution in [-0.2, 0) is 21.2 Å². The van der Waals surface area contributed by atoms with E-state index in [1.54, 1.807) is 24.3 Å². The van der Waals surface area contributed by atoms with E-state index in [4.69, 9.17) is 4.74 Å². The van der Waals surface area contributed by atoms with Crippen molar-refractivity contribution in [1.82, 2.24) is 10.3 Å². The van der Waals surface area contributed by atoms with Gasteiger partial charge in [0.15, 0.2) is 9.84 Å². The van der Waals surface area contributed by atoms with Crippen LogP contribution in [-0.4, -0.2) is 36.4 Å². The molecule has 144 valence electrons. The first kappa shape index (κ1) is 19.6. The average Bonchev–Trinajstić information content (AvgIpc) is 3.13. The molecule has 27 heavy (non-hydrogen) atoms. The Kier molecular flexibility index (Phi) is 5.67. The van der Waals surface area contributed by atoms with Crippen LogP contribution in [0.25, 0.3) is 6.08 Å². The molecule has 2 aromatic rings. The minimum absolute atomic E-state index is 0.0149. The van der Waals surface area contributed by atoms with Gasteiger partial charge in [0.25, 0.3) is 0 Å². The van der Waals surface area contributed by atoms with Crippen LogP contribution in [0.5, 0.6) is 5.75 Å². The van der Waals surface area contributed by atoms with E-state index in [9.17, 15) is 13.2 Å². The number of rotatable bonds is 6. The molecule has 1 aromatic carbocycles. The number of carbonyl (C=O) groups is 1. The molecule has 1 fully saturated rings. The van der Waals surface area contributed by atoms with Crippen molar-refractivity contribution >= 4 is 33.2 Å². The van der Waals surface area contributed by atoms with Gasteiger partial charge in [0.1, 0.15) is 12.4 Å². The fraction of sp³-hybridized carbons (Fsp3) is 0.368. The number of nitrogens with zero attached hydrogens (tertiary/aromatic N) is 1. The van der Waals surface area contributed by atoms with E-state index in [0.29, 0.717) is 18.8 Å². The lowest BCUT2D eigenvalue weighted by atomic mass is 10.0. The summed E-state index contributed by atoms with van der Waals surface area (Å²) in [6.45, 7) is 4.11. The van der Waals surface area contributed by atoms with Crippen molar-refractivity contribution < 1.29 is 17.9 Å². The molecule has 1 aliphatic heterocycles. The second kappa shape index (κ2) is 7.82. The SMILES string of the molecule is Cc1nc(COc2cccc(C=CC(=O)NC3(C)CCS(=O)(=O)C3)c2)cs1. The first-order valence-electron chi connectivity index (χ1n) is 8.58. The van der Waals surface area contributed by atoms with Crippen LogP contribution in [0.1, 0.15) is 29.6 Å². The van der Waals surface area contributed by atoms with Gasteiger partial charge in [-0.3, -0.25) is 4.79 Å². The lowest BCUT2D eigenvalue weighted by Gasteiger charge is -2.22. The van der Waals surface area contributed by atoms with Crippen molar-refractivity contribution in [1.29, 1.82) is 0 Å². The summed E-state index contributed by atoms with van der Waals surface area (Å²) < 4.78 is 29.0. The fourth-order valence-corrected chi connectivity index (χ4v) is 5.65. The van der Waals surface area contributed by atoms with Gasteiger partial charge in [-0.25, -0.2) is 13.4 Å². The van der Waals surface area contributed by atoms with E-state index in [1.165, 1.54) is 6.08 Å². The Bertz CT molecular complexity index is 966. The number of hydrogen-bond acceptors (Lipinski definition) is 6. The molecule has 1 amide bonds. The molecule has 8 heteroatoms. The van der Waals surface area contributed by atoms with Crippen molar-refractivity contribution in [3.63, 3.8) is 0 Å². The molecule has 0 radical (unpaired) electrons. The third kappa shape index (κ3) is 5.64. The van der Waals surface area contributed by atoms with Gasteiger partial charge in [-0.05, 0) is 44.0 Å². The molecule has 0 saturated carbocycles. The monoisotopic (exact) mass is 406 g/mol. The normalized spacial score (nSPS) is 21.4. The second-order valence-corrected chi connectivity index (χ2v) is 10.2. The minimum atomic E-state index is -3.06. The number of hydrogen-bond donors (Lipinski definition) is 1. The van der Waals surface area contributed by atoms with E-state index in [2.05, 4.69) is 10.3 Å². The van der Waals surface area contributed by atoms with E-state index >= 15 is 0 Å². The van der Waals surface area contributed by atoms with Gasteiger partial charge >= 0.3 is 0 Å². The van der Waals surface area contributed by atoms with Gasteiger partial charge < -0.3 is 10.1 Å². The number of carbonyl (C=O) groups excluding carboxylic acids is 1. The first-order chi connectivity index (χ1) is 12.7. The molecule has 1 saturated heterocycles. The molecule has 0 spiro atoms. The van der Waals surface area contributed by atoms with Crippen molar-refractivity contribution in [2.45, 2.75) is 32.4 Å². The summed E-state index contributed by atoms with van der Waals surface area (Å²) in [5, 5.41) is 5.77. The Hall–Kier alpha value is -2.19. The Morgan fingerprint density at radius 1 is 1.44 bits per heavy atom. The molecule has 1 atom stereocenters. The highest BCUT2D eigenvalue weighted by Crippen LogP contribution is 2.23. The molecule has 0 aliphatic carbocycles. The first-order valence-corrected chi connectivity index (χ1v) is 11.3. The summed E-state index contributed by atoms with van der Waals surface area (Å²) in [6.07, 6.45) is 3.54. The van der Waals surface area contributed by atoms with Crippen molar-refractivity contribution in [2.24, 2.45) is 0 Å². The van der Waals surface area contributed by atoms with Crippen molar-refractivity contribution in [2.75, 3.05) is 11.5 Å². The van der Waals surface area contributed by atoms with Crippen LogP contribution >= 0.6 is 11.3 Å². The van der Waals surface area contributed by atoms with Crippen LogP contribution in [0.2, 0.25) is 0 Å². The summed E-state index contributed by atoms with van der Waals surface area (Å²) >= 11 is 1.58. The highest BCUT2D eigenvalue weighted by Gasteiger charge is 2.39. The largest absolute Gasteiger partial charge is 0.487 e. The highest BCUT2D eigenvalue weighted by atomic mass is 32.2. The number of aryl methyl sites for hydroxylation is 1. The van der Waals surface area contributed by atoms with Gasteiger partial charge in [-0.2, -0.15) is 0 Å². The van der Waals surface area contributed by atoms with E-state index in [-0.39, 0.29) is 17.4 Å². The molecule has 3 rings (SSSR count). The van der Waals surface area contributed by atoms with Gasteiger partial charge in [-0.15, -0.1) is 11.3 Å². The molecule has 2 heterocycles. The lowest BCUT2D eigenvalue weighted by Crippen LogP contribution is -2.46. The number of ether oxygens (including phenoxy) is 1. The lowest BCUT2D eigenvalue weighted by molar-refractivity contribution is -0.117. The minimum Gasteiger partial charge on any atom is -0.487 e. The molecule has 1 unspecified atom stereocenters. The summed E-state index contributed by atoms with van der Waals surface area (Å²) in [5.74, 6) is 0.487. The maximum Gasteiger partial charge on any atom is 0.244 e. The Morgan fingerprint density at radius 2 is 2.26 bits per heavy atom. The van der Waals surface area contributed by atoms with E-state index in [1.807, 2.05) is 36.6 Å². The highest BCUT2D eigenvalue weighted by molar-refractivity contribution is 7.91. The Morgan fingerprint density at radius 3 is 2.93 bits per heavy atom. The van der Waals surface area contributed by atoms with Crippen molar-refractivity contribution in [3.8, 4) is 5.75 Å². The number of aromatic nitrogens is 1. The second-order valence-electron chi connectivity index (χ2n) is 6.94. The smallest absolute Gasteiger partial charge is 0.244 e. The van der Waals surface area contributed by atoms with Crippen LogP contribution < -0.4 is 10.1 Å². The van der Waals surface area contributed by atoms with Crippen LogP contribution in [0.15, 0.2) is 35.7 Å². The van der Waals surface area contributed by atoms with Crippen LogP contribution in [0, 0.1) is 6.92 Å². The number of nitrogens with one attached hydrogen (secondary N) is 1. The predicted molar refractivity (Wildman–Crippen MR) is 106 cm³/mol. The maximum absolute atomic E-state index is 12.2. The van der Waals surface area contributed by atoms with Crippen molar-refractivity contribution in [3.05, 3.63) is 52.0 Å². The zero-order valence-electron chi connectivity index (χ0n) is 15.3. The van der Waals surface area contributed by atoms with E-state index < -0.39 is 15.4 Å². The Labute approximate surface area is 163 Å². The molecular weight excluding hydrogens is 384 g/mol. The summed E-state index contributed by atoms with van der Waals surface area (Å²) in [4.78, 5) is 16.5. The summed E-state index contributed by atoms with van der Waals surface area (Å²) in [7, 11) is -3.06. The van der Waals surface area contributed by atoms with Crippen LogP contribution in [0.3, 0.4) is 0 Å².